The lowest BCUT2D eigenvalue weighted by Crippen LogP contribution is -2.27. The molecule has 3 aromatic rings. The van der Waals surface area contributed by atoms with Crippen LogP contribution in [0, 0.1) is 20.8 Å². The number of aromatic nitrogens is 2. The summed E-state index contributed by atoms with van der Waals surface area (Å²) in [6, 6.07) is 15.6. The highest BCUT2D eigenvalue weighted by Gasteiger charge is 2.11. The first kappa shape index (κ1) is 20.3. The highest BCUT2D eigenvalue weighted by Crippen LogP contribution is 2.20. The first-order valence-electron chi connectivity index (χ1n) is 9.55. The first-order valence-corrected chi connectivity index (χ1v) is 9.55. The third kappa shape index (κ3) is 5.54. The largest absolute Gasteiger partial charge is 0.497 e. The summed E-state index contributed by atoms with van der Waals surface area (Å²) in [7, 11) is 1.64. The maximum atomic E-state index is 12.6. The normalized spacial score (nSPS) is 10.5. The van der Waals surface area contributed by atoms with E-state index < -0.39 is 0 Å². The standard InChI is InChI=1S/C23H26N4O2/c1-15-8-9-16(2)20(12-15)26-23-25-17(3)13-21(27-23)22(28)24-11-10-18-6-5-7-19(14-18)29-4/h5-9,12-14H,10-11H2,1-4H3,(H,24,28)(H,25,26,27). The number of nitrogens with zero attached hydrogens (tertiary/aromatic N) is 2. The van der Waals surface area contributed by atoms with Crippen molar-refractivity contribution in [1.82, 2.24) is 15.3 Å². The second-order valence-corrected chi connectivity index (χ2v) is 7.02. The molecule has 29 heavy (non-hydrogen) atoms. The summed E-state index contributed by atoms with van der Waals surface area (Å²) in [5.41, 5.74) is 5.33. The maximum absolute atomic E-state index is 12.6. The van der Waals surface area contributed by atoms with Crippen LogP contribution in [0.1, 0.15) is 32.9 Å². The van der Waals surface area contributed by atoms with Crippen molar-refractivity contribution in [2.24, 2.45) is 0 Å². The van der Waals surface area contributed by atoms with Crippen LogP contribution in [-0.4, -0.2) is 29.5 Å². The number of aryl methyl sites for hydroxylation is 3. The zero-order chi connectivity index (χ0) is 20.8. The lowest BCUT2D eigenvalue weighted by molar-refractivity contribution is 0.0949. The fourth-order valence-corrected chi connectivity index (χ4v) is 2.97. The van der Waals surface area contributed by atoms with Gasteiger partial charge in [0.25, 0.3) is 5.91 Å². The van der Waals surface area contributed by atoms with Crippen molar-refractivity contribution in [1.29, 1.82) is 0 Å². The van der Waals surface area contributed by atoms with Crippen molar-refractivity contribution in [2.45, 2.75) is 27.2 Å². The number of carbonyl (C=O) groups is 1. The van der Waals surface area contributed by atoms with E-state index in [1.54, 1.807) is 13.2 Å². The molecule has 0 fully saturated rings. The molecule has 0 saturated heterocycles. The summed E-state index contributed by atoms with van der Waals surface area (Å²) >= 11 is 0. The molecule has 0 saturated carbocycles. The Morgan fingerprint density at radius 2 is 1.86 bits per heavy atom. The Hall–Kier alpha value is -3.41. The molecule has 0 radical (unpaired) electrons. The van der Waals surface area contributed by atoms with Crippen LogP contribution in [0.25, 0.3) is 0 Å². The van der Waals surface area contributed by atoms with Crippen LogP contribution in [0.5, 0.6) is 5.75 Å². The van der Waals surface area contributed by atoms with Crippen LogP contribution < -0.4 is 15.4 Å². The summed E-state index contributed by atoms with van der Waals surface area (Å²) < 4.78 is 5.23. The van der Waals surface area contributed by atoms with Gasteiger partial charge in [-0.3, -0.25) is 4.79 Å². The Bertz CT molecular complexity index is 1020. The first-order chi connectivity index (χ1) is 13.9. The monoisotopic (exact) mass is 390 g/mol. The van der Waals surface area contributed by atoms with Crippen molar-refractivity contribution >= 4 is 17.5 Å². The van der Waals surface area contributed by atoms with Gasteiger partial charge in [-0.15, -0.1) is 0 Å². The molecule has 1 amide bonds. The van der Waals surface area contributed by atoms with E-state index >= 15 is 0 Å². The second-order valence-electron chi connectivity index (χ2n) is 7.02. The zero-order valence-corrected chi connectivity index (χ0v) is 17.2. The smallest absolute Gasteiger partial charge is 0.270 e. The van der Waals surface area contributed by atoms with E-state index in [9.17, 15) is 4.79 Å². The topological polar surface area (TPSA) is 76.1 Å². The van der Waals surface area contributed by atoms with Crippen molar-refractivity contribution in [3.05, 3.63) is 76.6 Å². The zero-order valence-electron chi connectivity index (χ0n) is 17.2. The van der Waals surface area contributed by atoms with Crippen LogP contribution >= 0.6 is 0 Å². The number of anilines is 2. The molecule has 0 unspecified atom stereocenters. The fourth-order valence-electron chi connectivity index (χ4n) is 2.97. The summed E-state index contributed by atoms with van der Waals surface area (Å²) in [5.74, 6) is 1.00. The van der Waals surface area contributed by atoms with Crippen molar-refractivity contribution in [3.8, 4) is 5.75 Å². The number of hydrogen-bond acceptors (Lipinski definition) is 5. The van der Waals surface area contributed by atoms with Gasteiger partial charge in [-0.2, -0.15) is 0 Å². The minimum Gasteiger partial charge on any atom is -0.497 e. The maximum Gasteiger partial charge on any atom is 0.270 e. The molecule has 0 atom stereocenters. The third-order valence-electron chi connectivity index (χ3n) is 4.56. The molecule has 0 aliphatic carbocycles. The Labute approximate surface area is 171 Å². The van der Waals surface area contributed by atoms with Gasteiger partial charge >= 0.3 is 0 Å². The molecule has 0 bridgehead atoms. The Morgan fingerprint density at radius 1 is 1.03 bits per heavy atom. The number of amides is 1. The number of ether oxygens (including phenoxy) is 1. The number of rotatable bonds is 7. The van der Waals surface area contributed by atoms with Gasteiger partial charge in [0.15, 0.2) is 0 Å². The van der Waals surface area contributed by atoms with Crippen molar-refractivity contribution in [3.63, 3.8) is 0 Å². The number of benzene rings is 2. The van der Waals surface area contributed by atoms with Crippen molar-refractivity contribution in [2.75, 3.05) is 19.0 Å². The number of carbonyl (C=O) groups excluding carboxylic acids is 1. The summed E-state index contributed by atoms with van der Waals surface area (Å²) in [6.07, 6.45) is 0.709. The summed E-state index contributed by atoms with van der Waals surface area (Å²) in [5, 5.41) is 6.15. The van der Waals surface area contributed by atoms with Gasteiger partial charge in [-0.1, -0.05) is 24.3 Å². The minimum atomic E-state index is -0.220. The molecule has 2 N–H and O–H groups in total. The SMILES string of the molecule is COc1cccc(CCNC(=O)c2cc(C)nc(Nc3cc(C)ccc3C)n2)c1. The van der Waals surface area contributed by atoms with Gasteiger partial charge < -0.3 is 15.4 Å². The summed E-state index contributed by atoms with van der Waals surface area (Å²) in [6.45, 7) is 6.41. The molecule has 0 aliphatic heterocycles. The molecular weight excluding hydrogens is 364 g/mol. The second kappa shape index (κ2) is 9.19. The van der Waals surface area contributed by atoms with Crippen molar-refractivity contribution < 1.29 is 9.53 Å². The van der Waals surface area contributed by atoms with Gasteiger partial charge in [0, 0.05) is 17.9 Å². The summed E-state index contributed by atoms with van der Waals surface area (Å²) in [4.78, 5) is 21.4. The van der Waals surface area contributed by atoms with Crippen LogP contribution in [0.3, 0.4) is 0 Å². The Kier molecular flexibility index (Phi) is 6.44. The van der Waals surface area contributed by atoms with Gasteiger partial charge in [0.1, 0.15) is 11.4 Å². The quantitative estimate of drug-likeness (QED) is 0.634. The van der Waals surface area contributed by atoms with Gasteiger partial charge in [-0.05, 0) is 68.1 Å². The van der Waals surface area contributed by atoms with E-state index in [0.717, 1.165) is 33.8 Å². The minimum absolute atomic E-state index is 0.220. The fraction of sp³-hybridized carbons (Fsp3) is 0.261. The highest BCUT2D eigenvalue weighted by molar-refractivity contribution is 5.92. The van der Waals surface area contributed by atoms with E-state index in [1.165, 1.54) is 0 Å². The number of nitrogens with one attached hydrogen (secondary N) is 2. The average molecular weight is 390 g/mol. The van der Waals surface area contributed by atoms with Crippen LogP contribution in [0.2, 0.25) is 0 Å². The highest BCUT2D eigenvalue weighted by atomic mass is 16.5. The molecule has 1 heterocycles. The molecule has 1 aromatic heterocycles. The predicted molar refractivity (Wildman–Crippen MR) is 115 cm³/mol. The number of hydrogen-bond donors (Lipinski definition) is 2. The molecule has 6 nitrogen and oxygen atoms in total. The van der Waals surface area contributed by atoms with Gasteiger partial charge in [0.2, 0.25) is 5.95 Å². The third-order valence-corrected chi connectivity index (χ3v) is 4.56. The van der Waals surface area contributed by atoms with Crippen LogP contribution in [0.15, 0.2) is 48.5 Å². The molecule has 6 heteroatoms. The van der Waals surface area contributed by atoms with Crippen LogP contribution in [0.4, 0.5) is 11.6 Å². The molecule has 0 spiro atoms. The predicted octanol–water partition coefficient (Wildman–Crippen LogP) is 4.13. The Balaban J connectivity index is 1.66. The number of methoxy groups -OCH3 is 1. The van der Waals surface area contributed by atoms with Gasteiger partial charge in [0.05, 0.1) is 7.11 Å². The van der Waals surface area contributed by atoms with E-state index in [-0.39, 0.29) is 5.91 Å². The average Bonchev–Trinajstić information content (AvgIpc) is 2.70. The van der Waals surface area contributed by atoms with Crippen LogP contribution in [-0.2, 0) is 6.42 Å². The molecular formula is C23H26N4O2. The van der Waals surface area contributed by atoms with E-state index in [4.69, 9.17) is 4.74 Å². The molecule has 150 valence electrons. The lowest BCUT2D eigenvalue weighted by atomic mass is 10.1. The molecule has 2 aromatic carbocycles. The molecule has 0 aliphatic rings. The molecule has 3 rings (SSSR count). The lowest BCUT2D eigenvalue weighted by Gasteiger charge is -2.11. The van der Waals surface area contributed by atoms with E-state index in [1.807, 2.05) is 57.2 Å². The Morgan fingerprint density at radius 3 is 2.66 bits per heavy atom. The van der Waals surface area contributed by atoms with E-state index in [0.29, 0.717) is 24.6 Å². The van der Waals surface area contributed by atoms with Gasteiger partial charge in [-0.25, -0.2) is 9.97 Å². The van der Waals surface area contributed by atoms with E-state index in [2.05, 4.69) is 26.7 Å².